The summed E-state index contributed by atoms with van der Waals surface area (Å²) in [6, 6.07) is -0.0920. The Morgan fingerprint density at radius 2 is 2.12 bits per heavy atom. The molecule has 0 saturated heterocycles. The van der Waals surface area contributed by atoms with Crippen LogP contribution in [0.2, 0.25) is 0 Å². The molecule has 0 aromatic carbocycles. The van der Waals surface area contributed by atoms with Gasteiger partial charge < -0.3 is 14.8 Å². The topological polar surface area (TPSA) is 47.6 Å². The van der Waals surface area contributed by atoms with E-state index in [9.17, 15) is 4.79 Å². The zero-order valence-electron chi connectivity index (χ0n) is 11.2. The summed E-state index contributed by atoms with van der Waals surface area (Å²) < 4.78 is 10.6. The van der Waals surface area contributed by atoms with E-state index in [1.165, 1.54) is 12.8 Å². The minimum Gasteiger partial charge on any atom is -0.465 e. The number of hydrogen-bond donors (Lipinski definition) is 1. The van der Waals surface area contributed by atoms with Crippen LogP contribution in [0.1, 0.15) is 40.0 Å². The van der Waals surface area contributed by atoms with Crippen LogP contribution in [0, 0.1) is 5.92 Å². The Balaban J connectivity index is 2.20. The summed E-state index contributed by atoms with van der Waals surface area (Å²) in [6.45, 7) is 7.41. The molecule has 1 saturated carbocycles. The van der Waals surface area contributed by atoms with Crippen LogP contribution >= 0.6 is 0 Å². The van der Waals surface area contributed by atoms with Gasteiger partial charge in [-0.25, -0.2) is 0 Å². The van der Waals surface area contributed by atoms with E-state index in [2.05, 4.69) is 5.32 Å². The molecule has 0 aromatic rings. The summed E-state index contributed by atoms with van der Waals surface area (Å²) in [5.41, 5.74) is 0. The molecule has 1 aliphatic rings. The summed E-state index contributed by atoms with van der Waals surface area (Å²) in [5, 5.41) is 3.17. The molecule has 1 aliphatic carbocycles. The predicted molar refractivity (Wildman–Crippen MR) is 66.9 cm³/mol. The van der Waals surface area contributed by atoms with E-state index in [4.69, 9.17) is 9.47 Å². The van der Waals surface area contributed by atoms with Crippen LogP contribution in [0.5, 0.6) is 0 Å². The Morgan fingerprint density at radius 1 is 1.41 bits per heavy atom. The van der Waals surface area contributed by atoms with E-state index in [1.807, 2.05) is 20.8 Å². The van der Waals surface area contributed by atoms with Crippen molar-refractivity contribution in [1.29, 1.82) is 0 Å². The first-order valence-electron chi connectivity index (χ1n) is 6.64. The summed E-state index contributed by atoms with van der Waals surface area (Å²) in [7, 11) is 0. The van der Waals surface area contributed by atoms with Gasteiger partial charge in [-0.15, -0.1) is 0 Å². The standard InChI is InChI=1S/C13H25NO3/c1-4-17-13(15)12(14-10(2)3)9-16-8-7-11-5-6-11/h10-12,14H,4-9H2,1-3H3. The van der Waals surface area contributed by atoms with Gasteiger partial charge in [0.1, 0.15) is 6.04 Å². The molecule has 1 N–H and O–H groups in total. The number of carbonyl (C=O) groups excluding carboxylic acids is 1. The van der Waals surface area contributed by atoms with Crippen LogP contribution in [0.15, 0.2) is 0 Å². The average Bonchev–Trinajstić information content (AvgIpc) is 3.06. The highest BCUT2D eigenvalue weighted by atomic mass is 16.5. The van der Waals surface area contributed by atoms with Gasteiger partial charge in [-0.3, -0.25) is 4.79 Å². The van der Waals surface area contributed by atoms with Gasteiger partial charge in [0.25, 0.3) is 0 Å². The molecule has 1 atom stereocenters. The molecule has 0 aliphatic heterocycles. The lowest BCUT2D eigenvalue weighted by molar-refractivity contribution is -0.147. The molecule has 0 spiro atoms. The highest BCUT2D eigenvalue weighted by molar-refractivity contribution is 5.75. The molecule has 17 heavy (non-hydrogen) atoms. The quantitative estimate of drug-likeness (QED) is 0.495. The maximum absolute atomic E-state index is 11.7. The zero-order chi connectivity index (χ0) is 12.7. The number of carbonyl (C=O) groups is 1. The summed E-state index contributed by atoms with van der Waals surface area (Å²) >= 11 is 0. The minimum absolute atomic E-state index is 0.215. The van der Waals surface area contributed by atoms with Crippen molar-refractivity contribution in [3.63, 3.8) is 0 Å². The fraction of sp³-hybridized carbons (Fsp3) is 0.923. The Kier molecular flexibility index (Phi) is 6.52. The van der Waals surface area contributed by atoms with Crippen molar-refractivity contribution >= 4 is 5.97 Å². The molecule has 0 amide bonds. The lowest BCUT2D eigenvalue weighted by atomic mass is 10.2. The van der Waals surface area contributed by atoms with Gasteiger partial charge in [0, 0.05) is 12.6 Å². The van der Waals surface area contributed by atoms with Crippen LogP contribution < -0.4 is 5.32 Å². The van der Waals surface area contributed by atoms with E-state index in [-0.39, 0.29) is 18.1 Å². The molecule has 4 heteroatoms. The number of hydrogen-bond acceptors (Lipinski definition) is 4. The van der Waals surface area contributed by atoms with Crippen molar-refractivity contribution in [3.05, 3.63) is 0 Å². The van der Waals surface area contributed by atoms with Crippen LogP contribution in [-0.2, 0) is 14.3 Å². The fourth-order valence-electron chi connectivity index (χ4n) is 1.69. The number of ether oxygens (including phenoxy) is 2. The second-order valence-electron chi connectivity index (χ2n) is 4.93. The maximum atomic E-state index is 11.7. The Morgan fingerprint density at radius 3 is 2.65 bits per heavy atom. The Labute approximate surface area is 104 Å². The molecule has 1 fully saturated rings. The zero-order valence-corrected chi connectivity index (χ0v) is 11.2. The van der Waals surface area contributed by atoms with Crippen LogP contribution in [0.25, 0.3) is 0 Å². The molecule has 0 aromatic heterocycles. The van der Waals surface area contributed by atoms with E-state index in [0.29, 0.717) is 13.2 Å². The van der Waals surface area contributed by atoms with Gasteiger partial charge in [-0.05, 0) is 19.3 Å². The molecule has 0 radical (unpaired) electrons. The first kappa shape index (κ1) is 14.5. The van der Waals surface area contributed by atoms with Gasteiger partial charge in [0.2, 0.25) is 0 Å². The molecule has 100 valence electrons. The number of esters is 1. The van der Waals surface area contributed by atoms with Gasteiger partial charge in [0.05, 0.1) is 13.2 Å². The van der Waals surface area contributed by atoms with Crippen LogP contribution in [-0.4, -0.2) is 37.9 Å². The number of nitrogens with one attached hydrogen (secondary N) is 1. The van der Waals surface area contributed by atoms with Crippen molar-refractivity contribution in [2.75, 3.05) is 19.8 Å². The second kappa shape index (κ2) is 7.67. The smallest absolute Gasteiger partial charge is 0.325 e. The number of rotatable bonds is 9. The van der Waals surface area contributed by atoms with Crippen molar-refractivity contribution in [2.24, 2.45) is 5.92 Å². The van der Waals surface area contributed by atoms with E-state index >= 15 is 0 Å². The molecule has 0 heterocycles. The molecular formula is C13H25NO3. The first-order valence-corrected chi connectivity index (χ1v) is 6.64. The maximum Gasteiger partial charge on any atom is 0.325 e. The van der Waals surface area contributed by atoms with E-state index in [0.717, 1.165) is 18.9 Å². The monoisotopic (exact) mass is 243 g/mol. The molecule has 0 bridgehead atoms. The fourth-order valence-corrected chi connectivity index (χ4v) is 1.69. The normalized spacial score (nSPS) is 17.2. The molecule has 1 rings (SSSR count). The third-order valence-corrected chi connectivity index (χ3v) is 2.76. The molecule has 4 nitrogen and oxygen atoms in total. The first-order chi connectivity index (χ1) is 8.13. The van der Waals surface area contributed by atoms with Crippen molar-refractivity contribution in [1.82, 2.24) is 5.32 Å². The lowest BCUT2D eigenvalue weighted by Gasteiger charge is -2.19. The average molecular weight is 243 g/mol. The summed E-state index contributed by atoms with van der Waals surface area (Å²) in [4.78, 5) is 11.7. The Bertz CT molecular complexity index is 227. The van der Waals surface area contributed by atoms with Crippen LogP contribution in [0.4, 0.5) is 0 Å². The predicted octanol–water partition coefficient (Wildman–Crippen LogP) is 1.73. The Hall–Kier alpha value is -0.610. The van der Waals surface area contributed by atoms with Gasteiger partial charge in [0.15, 0.2) is 0 Å². The van der Waals surface area contributed by atoms with Crippen molar-refractivity contribution in [2.45, 2.75) is 52.1 Å². The van der Waals surface area contributed by atoms with Crippen molar-refractivity contribution in [3.8, 4) is 0 Å². The van der Waals surface area contributed by atoms with E-state index < -0.39 is 0 Å². The molecule has 1 unspecified atom stereocenters. The van der Waals surface area contributed by atoms with Crippen molar-refractivity contribution < 1.29 is 14.3 Å². The highest BCUT2D eigenvalue weighted by Gasteiger charge is 2.23. The lowest BCUT2D eigenvalue weighted by Crippen LogP contribution is -2.45. The summed E-state index contributed by atoms with van der Waals surface area (Å²) in [5.74, 6) is 0.654. The minimum atomic E-state index is -0.339. The largest absolute Gasteiger partial charge is 0.465 e. The highest BCUT2D eigenvalue weighted by Crippen LogP contribution is 2.32. The van der Waals surface area contributed by atoms with Gasteiger partial charge in [-0.2, -0.15) is 0 Å². The third-order valence-electron chi connectivity index (χ3n) is 2.76. The second-order valence-corrected chi connectivity index (χ2v) is 4.93. The van der Waals surface area contributed by atoms with Gasteiger partial charge in [-0.1, -0.05) is 26.7 Å². The van der Waals surface area contributed by atoms with Crippen LogP contribution in [0.3, 0.4) is 0 Å². The summed E-state index contributed by atoms with van der Waals surface area (Å²) in [6.07, 6.45) is 3.81. The molecular weight excluding hydrogens is 218 g/mol. The third kappa shape index (κ3) is 6.64. The SMILES string of the molecule is CCOC(=O)C(COCCC1CC1)NC(C)C. The van der Waals surface area contributed by atoms with E-state index in [1.54, 1.807) is 0 Å². The van der Waals surface area contributed by atoms with Gasteiger partial charge >= 0.3 is 5.97 Å².